The number of likely N-dealkylation sites (tertiary alicyclic amines) is 2. The third-order valence-electron chi connectivity index (χ3n) is 10.2. The van der Waals surface area contributed by atoms with Crippen LogP contribution in [0.5, 0.6) is 0 Å². The molecule has 8 nitrogen and oxygen atoms in total. The molecule has 0 radical (unpaired) electrons. The lowest BCUT2D eigenvalue weighted by molar-refractivity contribution is -0.142. The molecule has 4 heterocycles. The van der Waals surface area contributed by atoms with E-state index in [0.29, 0.717) is 40.7 Å². The molecule has 10 heteroatoms. The molecule has 1 aliphatic carbocycles. The van der Waals surface area contributed by atoms with Gasteiger partial charge < -0.3 is 25.2 Å². The molecular weight excluding hydrogens is 563 g/mol. The molecule has 41 heavy (non-hydrogen) atoms. The fraction of sp³-hybridized carbons (Fsp3) is 0.645. The van der Waals surface area contributed by atoms with E-state index in [-0.39, 0.29) is 23.8 Å². The van der Waals surface area contributed by atoms with E-state index in [9.17, 15) is 14.4 Å². The summed E-state index contributed by atoms with van der Waals surface area (Å²) in [6.45, 7) is 7.55. The van der Waals surface area contributed by atoms with Crippen LogP contribution in [0, 0.1) is 23.7 Å². The van der Waals surface area contributed by atoms with Crippen molar-refractivity contribution in [2.45, 2.75) is 76.2 Å². The first-order valence-electron chi connectivity index (χ1n) is 15.2. The van der Waals surface area contributed by atoms with Gasteiger partial charge in [0.2, 0.25) is 17.7 Å². The van der Waals surface area contributed by atoms with Gasteiger partial charge >= 0.3 is 0 Å². The number of anilines is 1. The number of carbonyl (C=O) groups excluding carboxylic acids is 3. The first-order valence-corrected chi connectivity index (χ1v) is 15.9. The SMILES string of the molecule is CC1CCCC(NC(=O)C2N(CCN3CCCCC3)C(=O)[C@@H]3[C@@H](C(=O)Nc4cc(Cl)cc(Cl)c4)[C@H]4C=C[C@@]23O4)C1C. The van der Waals surface area contributed by atoms with E-state index in [0.717, 1.165) is 45.2 Å². The Morgan fingerprint density at radius 1 is 1.00 bits per heavy atom. The number of hydrogen-bond acceptors (Lipinski definition) is 5. The van der Waals surface area contributed by atoms with Crippen molar-refractivity contribution in [3.05, 3.63) is 40.4 Å². The van der Waals surface area contributed by atoms with Crippen LogP contribution in [0.1, 0.15) is 52.4 Å². The van der Waals surface area contributed by atoms with Crippen molar-refractivity contribution in [1.29, 1.82) is 0 Å². The van der Waals surface area contributed by atoms with E-state index in [4.69, 9.17) is 27.9 Å². The van der Waals surface area contributed by atoms with Gasteiger partial charge in [0.1, 0.15) is 11.6 Å². The Morgan fingerprint density at radius 3 is 2.46 bits per heavy atom. The highest BCUT2D eigenvalue weighted by molar-refractivity contribution is 6.35. The average molecular weight is 604 g/mol. The van der Waals surface area contributed by atoms with Gasteiger partial charge in [-0.05, 0) is 62.4 Å². The van der Waals surface area contributed by atoms with Gasteiger partial charge in [0.05, 0.1) is 17.9 Å². The predicted octanol–water partition coefficient (Wildman–Crippen LogP) is 4.51. The average Bonchev–Trinajstić information content (AvgIpc) is 3.57. The third kappa shape index (κ3) is 5.30. The lowest BCUT2D eigenvalue weighted by Crippen LogP contribution is -2.58. The van der Waals surface area contributed by atoms with Crippen molar-refractivity contribution in [2.24, 2.45) is 23.7 Å². The summed E-state index contributed by atoms with van der Waals surface area (Å²) < 4.78 is 6.51. The summed E-state index contributed by atoms with van der Waals surface area (Å²) in [5, 5.41) is 7.02. The fourth-order valence-corrected chi connectivity index (χ4v) is 8.36. The van der Waals surface area contributed by atoms with Crippen LogP contribution in [0.25, 0.3) is 0 Å². The maximum Gasteiger partial charge on any atom is 0.246 e. The lowest BCUT2D eigenvalue weighted by Gasteiger charge is -2.38. The Morgan fingerprint density at radius 2 is 1.73 bits per heavy atom. The number of piperidine rings is 1. The normalized spacial score (nSPS) is 36.4. The summed E-state index contributed by atoms with van der Waals surface area (Å²) in [7, 11) is 0. The van der Waals surface area contributed by atoms with Gasteiger partial charge in [-0.1, -0.05) is 68.5 Å². The molecule has 1 spiro atoms. The van der Waals surface area contributed by atoms with Crippen molar-refractivity contribution in [1.82, 2.24) is 15.1 Å². The maximum absolute atomic E-state index is 14.2. The third-order valence-corrected chi connectivity index (χ3v) is 10.6. The number of fused-ring (bicyclic) bond motifs is 1. The number of nitrogens with one attached hydrogen (secondary N) is 2. The number of amides is 3. The van der Waals surface area contributed by atoms with Gasteiger partial charge in [0.15, 0.2) is 0 Å². The zero-order chi connectivity index (χ0) is 28.9. The van der Waals surface area contributed by atoms with Crippen LogP contribution in [0.2, 0.25) is 10.0 Å². The molecule has 8 atom stereocenters. The molecule has 5 aliphatic rings. The molecule has 6 rings (SSSR count). The van der Waals surface area contributed by atoms with Crippen molar-refractivity contribution < 1.29 is 19.1 Å². The fourth-order valence-electron chi connectivity index (χ4n) is 7.84. The van der Waals surface area contributed by atoms with Crippen LogP contribution in [-0.4, -0.2) is 77.5 Å². The number of halogens is 2. The minimum Gasteiger partial charge on any atom is -0.359 e. The Labute approximate surface area is 252 Å². The van der Waals surface area contributed by atoms with Gasteiger partial charge in [0, 0.05) is 34.9 Å². The molecule has 3 saturated heterocycles. The van der Waals surface area contributed by atoms with Gasteiger partial charge in [-0.15, -0.1) is 0 Å². The smallest absolute Gasteiger partial charge is 0.246 e. The summed E-state index contributed by atoms with van der Waals surface area (Å²) in [5.74, 6) is -1.40. The lowest BCUT2D eigenvalue weighted by atomic mass is 9.73. The molecule has 4 aliphatic heterocycles. The van der Waals surface area contributed by atoms with Gasteiger partial charge in [-0.2, -0.15) is 0 Å². The standard InChI is InChI=1S/C31H40Cl2N4O4/c1-18-7-6-8-23(19(18)2)35-29(39)27-31-10-9-24(41-31)25(28(38)34-22-16-20(32)15-21(33)17-22)26(31)30(40)37(27)14-13-36-11-4-3-5-12-36/h9-10,15-19,23-27H,3-8,11-14H2,1-2H3,(H,34,38)(H,35,39)/t18?,19?,23?,24-,25+,26+,27?,31+/m1/s1. The molecule has 1 saturated carbocycles. The molecule has 2 N–H and O–H groups in total. The van der Waals surface area contributed by atoms with Crippen molar-refractivity contribution in [3.8, 4) is 0 Å². The number of nitrogens with zero attached hydrogens (tertiary/aromatic N) is 2. The van der Waals surface area contributed by atoms with Crippen LogP contribution in [-0.2, 0) is 19.1 Å². The largest absolute Gasteiger partial charge is 0.359 e. The predicted molar refractivity (Wildman–Crippen MR) is 159 cm³/mol. The van der Waals surface area contributed by atoms with E-state index in [1.165, 1.54) is 6.42 Å². The van der Waals surface area contributed by atoms with E-state index in [1.54, 1.807) is 23.1 Å². The highest BCUT2D eigenvalue weighted by Gasteiger charge is 2.72. The number of carbonyl (C=O) groups is 3. The number of hydrogen-bond donors (Lipinski definition) is 2. The Bertz CT molecular complexity index is 1220. The molecular formula is C31H40Cl2N4O4. The zero-order valence-corrected chi connectivity index (χ0v) is 25.3. The Hall–Kier alpha value is -2.13. The second-order valence-corrected chi connectivity index (χ2v) is 13.5. The van der Waals surface area contributed by atoms with Crippen molar-refractivity contribution >= 4 is 46.6 Å². The van der Waals surface area contributed by atoms with E-state index in [1.807, 2.05) is 12.2 Å². The number of rotatable bonds is 7. The summed E-state index contributed by atoms with van der Waals surface area (Å²) >= 11 is 12.3. The first-order chi connectivity index (χ1) is 19.7. The van der Waals surface area contributed by atoms with Crippen LogP contribution in [0.4, 0.5) is 5.69 Å². The maximum atomic E-state index is 14.2. The summed E-state index contributed by atoms with van der Waals surface area (Å²) in [5.41, 5.74) is -0.721. The topological polar surface area (TPSA) is 91.0 Å². The summed E-state index contributed by atoms with van der Waals surface area (Å²) in [6, 6.07) is 4.06. The van der Waals surface area contributed by atoms with Crippen LogP contribution < -0.4 is 10.6 Å². The zero-order valence-electron chi connectivity index (χ0n) is 23.8. The highest BCUT2D eigenvalue weighted by Crippen LogP contribution is 2.55. The quantitative estimate of drug-likeness (QED) is 0.448. The van der Waals surface area contributed by atoms with Crippen LogP contribution >= 0.6 is 23.2 Å². The van der Waals surface area contributed by atoms with Crippen LogP contribution in [0.3, 0.4) is 0 Å². The summed E-state index contributed by atoms with van der Waals surface area (Å²) in [6.07, 6.45) is 9.79. The minimum atomic E-state index is -1.18. The molecule has 4 unspecified atom stereocenters. The molecule has 2 bridgehead atoms. The van der Waals surface area contributed by atoms with E-state index < -0.39 is 29.6 Å². The molecule has 1 aromatic carbocycles. The Balaban J connectivity index is 1.28. The summed E-state index contributed by atoms with van der Waals surface area (Å²) in [4.78, 5) is 46.2. The first kappa shape index (κ1) is 29.0. The van der Waals surface area contributed by atoms with Gasteiger partial charge in [0.25, 0.3) is 0 Å². The highest BCUT2D eigenvalue weighted by atomic mass is 35.5. The number of benzene rings is 1. The Kier molecular flexibility index (Phi) is 8.13. The number of ether oxygens (including phenoxy) is 1. The van der Waals surface area contributed by atoms with Gasteiger partial charge in [-0.25, -0.2) is 0 Å². The molecule has 1 aromatic rings. The van der Waals surface area contributed by atoms with Crippen molar-refractivity contribution in [3.63, 3.8) is 0 Å². The molecule has 4 fully saturated rings. The van der Waals surface area contributed by atoms with Gasteiger partial charge in [-0.3, -0.25) is 14.4 Å². The van der Waals surface area contributed by atoms with Crippen LogP contribution in [0.15, 0.2) is 30.4 Å². The monoisotopic (exact) mass is 602 g/mol. The molecule has 222 valence electrons. The molecule has 0 aromatic heterocycles. The second kappa shape index (κ2) is 11.5. The minimum absolute atomic E-state index is 0.0509. The van der Waals surface area contributed by atoms with E-state index >= 15 is 0 Å². The second-order valence-electron chi connectivity index (χ2n) is 12.7. The van der Waals surface area contributed by atoms with Crippen molar-refractivity contribution in [2.75, 3.05) is 31.5 Å². The van der Waals surface area contributed by atoms with E-state index in [2.05, 4.69) is 29.4 Å². The molecule has 3 amide bonds.